The molecule has 2 saturated heterocycles. The van der Waals surface area contributed by atoms with E-state index in [1.807, 2.05) is 29.2 Å². The van der Waals surface area contributed by atoms with E-state index in [4.69, 9.17) is 16.3 Å². The molecular formula is C17H23ClN2O2S. The third kappa shape index (κ3) is 4.86. The van der Waals surface area contributed by atoms with Crippen molar-refractivity contribution in [3.8, 4) is 0 Å². The number of benzene rings is 1. The van der Waals surface area contributed by atoms with Crippen LogP contribution in [0.2, 0.25) is 5.02 Å². The summed E-state index contributed by atoms with van der Waals surface area (Å²) in [5, 5.41) is 0.715. The number of carbonyl (C=O) groups excluding carboxylic acids is 1. The standard InChI is InChI=1S/C17H23ClN2O2S/c18-15-5-1-2-6-16(15)23-13-17(21)20-9-7-19(8-10-20)12-14-4-3-11-22-14/h1-2,5-6,14H,3-4,7-13H2/t14-/m0/s1. The van der Waals surface area contributed by atoms with Crippen LogP contribution >= 0.6 is 23.4 Å². The molecule has 0 aliphatic carbocycles. The van der Waals surface area contributed by atoms with Crippen LogP contribution in [0.15, 0.2) is 29.2 Å². The molecule has 0 bridgehead atoms. The smallest absolute Gasteiger partial charge is 0.233 e. The van der Waals surface area contributed by atoms with Gasteiger partial charge in [0, 0.05) is 44.2 Å². The van der Waals surface area contributed by atoms with Crippen molar-refractivity contribution in [1.29, 1.82) is 0 Å². The summed E-state index contributed by atoms with van der Waals surface area (Å²) in [7, 11) is 0. The maximum absolute atomic E-state index is 12.4. The normalized spacial score (nSPS) is 22.5. The largest absolute Gasteiger partial charge is 0.377 e. The lowest BCUT2D eigenvalue weighted by molar-refractivity contribution is -0.130. The molecule has 0 spiro atoms. The number of hydrogen-bond acceptors (Lipinski definition) is 4. The zero-order valence-corrected chi connectivity index (χ0v) is 14.8. The van der Waals surface area contributed by atoms with E-state index in [1.165, 1.54) is 24.6 Å². The summed E-state index contributed by atoms with van der Waals surface area (Å²) >= 11 is 7.65. The van der Waals surface area contributed by atoms with E-state index < -0.39 is 0 Å². The van der Waals surface area contributed by atoms with Crippen LogP contribution in [0.3, 0.4) is 0 Å². The Bertz CT molecular complexity index is 529. The van der Waals surface area contributed by atoms with Crippen LogP contribution in [0.1, 0.15) is 12.8 Å². The number of nitrogens with zero attached hydrogens (tertiary/aromatic N) is 2. The fourth-order valence-electron chi connectivity index (χ4n) is 3.05. The molecule has 2 aliphatic heterocycles. The molecule has 23 heavy (non-hydrogen) atoms. The molecule has 2 aliphatic rings. The van der Waals surface area contributed by atoms with Crippen molar-refractivity contribution < 1.29 is 9.53 Å². The highest BCUT2D eigenvalue weighted by atomic mass is 35.5. The molecule has 2 fully saturated rings. The first-order valence-electron chi connectivity index (χ1n) is 8.21. The SMILES string of the molecule is O=C(CSc1ccccc1Cl)N1CCN(C[C@@H]2CCCO2)CC1. The molecule has 0 saturated carbocycles. The molecule has 1 aromatic rings. The summed E-state index contributed by atoms with van der Waals surface area (Å²) in [6, 6.07) is 7.67. The van der Waals surface area contributed by atoms with Crippen molar-refractivity contribution in [2.24, 2.45) is 0 Å². The molecule has 4 nitrogen and oxygen atoms in total. The molecular weight excluding hydrogens is 332 g/mol. The average Bonchev–Trinajstić information content (AvgIpc) is 3.07. The zero-order valence-electron chi connectivity index (χ0n) is 13.2. The number of thioether (sulfide) groups is 1. The minimum Gasteiger partial charge on any atom is -0.377 e. The van der Waals surface area contributed by atoms with Gasteiger partial charge in [0.25, 0.3) is 0 Å². The highest BCUT2D eigenvalue weighted by Gasteiger charge is 2.24. The molecule has 0 unspecified atom stereocenters. The lowest BCUT2D eigenvalue weighted by Crippen LogP contribution is -2.50. The first-order chi connectivity index (χ1) is 11.2. The summed E-state index contributed by atoms with van der Waals surface area (Å²) in [4.78, 5) is 17.7. The molecule has 1 atom stereocenters. The van der Waals surface area contributed by atoms with E-state index in [0.29, 0.717) is 16.9 Å². The Hall–Kier alpha value is -0.750. The third-order valence-corrected chi connectivity index (χ3v) is 5.90. The first kappa shape index (κ1) is 17.1. The van der Waals surface area contributed by atoms with Crippen molar-refractivity contribution in [3.63, 3.8) is 0 Å². The second kappa shape index (κ2) is 8.38. The second-order valence-electron chi connectivity index (χ2n) is 6.04. The lowest BCUT2D eigenvalue weighted by Gasteiger charge is -2.35. The molecule has 6 heteroatoms. The summed E-state index contributed by atoms with van der Waals surface area (Å²) < 4.78 is 5.69. The van der Waals surface area contributed by atoms with E-state index in [0.717, 1.165) is 44.2 Å². The van der Waals surface area contributed by atoms with Gasteiger partial charge in [-0.05, 0) is 25.0 Å². The van der Waals surface area contributed by atoms with E-state index in [-0.39, 0.29) is 5.91 Å². The summed E-state index contributed by atoms with van der Waals surface area (Å²) in [6.45, 7) is 5.44. The van der Waals surface area contributed by atoms with Crippen molar-refractivity contribution >= 4 is 29.3 Å². The molecule has 0 aromatic heterocycles. The van der Waals surface area contributed by atoms with E-state index >= 15 is 0 Å². The van der Waals surface area contributed by atoms with Gasteiger partial charge in [0.15, 0.2) is 0 Å². The minimum atomic E-state index is 0.201. The molecule has 1 aromatic carbocycles. The highest BCUT2D eigenvalue weighted by Crippen LogP contribution is 2.26. The van der Waals surface area contributed by atoms with Crippen LogP contribution in [0.4, 0.5) is 0 Å². The lowest BCUT2D eigenvalue weighted by atomic mass is 10.2. The van der Waals surface area contributed by atoms with Crippen molar-refractivity contribution in [3.05, 3.63) is 29.3 Å². The fraction of sp³-hybridized carbons (Fsp3) is 0.588. The topological polar surface area (TPSA) is 32.8 Å². The summed E-state index contributed by atoms with van der Waals surface area (Å²) in [6.07, 6.45) is 2.75. The Kier molecular flexibility index (Phi) is 6.22. The highest BCUT2D eigenvalue weighted by molar-refractivity contribution is 8.00. The number of carbonyl (C=O) groups is 1. The maximum atomic E-state index is 12.4. The number of amides is 1. The molecule has 3 rings (SSSR count). The number of piperazine rings is 1. The van der Waals surface area contributed by atoms with Gasteiger partial charge in [-0.15, -0.1) is 11.8 Å². The number of halogens is 1. The van der Waals surface area contributed by atoms with Gasteiger partial charge < -0.3 is 9.64 Å². The van der Waals surface area contributed by atoms with E-state index in [9.17, 15) is 4.79 Å². The predicted molar refractivity (Wildman–Crippen MR) is 94.2 cm³/mol. The molecule has 1 amide bonds. The fourth-order valence-corrected chi connectivity index (χ4v) is 4.19. The van der Waals surface area contributed by atoms with Crippen LogP contribution in [0.5, 0.6) is 0 Å². The van der Waals surface area contributed by atoms with E-state index in [1.54, 1.807) is 0 Å². The quantitative estimate of drug-likeness (QED) is 0.761. The van der Waals surface area contributed by atoms with Crippen LogP contribution in [-0.2, 0) is 9.53 Å². The maximum Gasteiger partial charge on any atom is 0.233 e. The Labute approximate surface area is 147 Å². The zero-order chi connectivity index (χ0) is 16.1. The van der Waals surface area contributed by atoms with Gasteiger partial charge in [0.2, 0.25) is 5.91 Å². The summed E-state index contributed by atoms with van der Waals surface area (Å²) in [5.74, 6) is 0.654. The number of ether oxygens (including phenoxy) is 1. The van der Waals surface area contributed by atoms with Gasteiger partial charge in [-0.25, -0.2) is 0 Å². The van der Waals surface area contributed by atoms with Crippen LogP contribution in [-0.4, -0.2) is 66.9 Å². The molecule has 0 N–H and O–H groups in total. The summed E-state index contributed by atoms with van der Waals surface area (Å²) in [5.41, 5.74) is 0. The van der Waals surface area contributed by atoms with Gasteiger partial charge in [-0.2, -0.15) is 0 Å². The van der Waals surface area contributed by atoms with Gasteiger partial charge in [0.05, 0.1) is 16.9 Å². The molecule has 2 heterocycles. The second-order valence-corrected chi connectivity index (χ2v) is 7.46. The number of rotatable bonds is 5. The first-order valence-corrected chi connectivity index (χ1v) is 9.58. The Morgan fingerprint density at radius 1 is 1.26 bits per heavy atom. The van der Waals surface area contributed by atoms with Crippen LogP contribution in [0, 0.1) is 0 Å². The van der Waals surface area contributed by atoms with Crippen LogP contribution in [0.25, 0.3) is 0 Å². The third-order valence-electron chi connectivity index (χ3n) is 4.40. The molecule has 0 radical (unpaired) electrons. The van der Waals surface area contributed by atoms with Gasteiger partial charge >= 0.3 is 0 Å². The Morgan fingerprint density at radius 2 is 2.04 bits per heavy atom. The Balaban J connectivity index is 1.40. The van der Waals surface area contributed by atoms with E-state index in [2.05, 4.69) is 4.90 Å². The van der Waals surface area contributed by atoms with Gasteiger partial charge in [-0.1, -0.05) is 23.7 Å². The van der Waals surface area contributed by atoms with Crippen molar-refractivity contribution in [2.75, 3.05) is 45.1 Å². The van der Waals surface area contributed by atoms with Gasteiger partial charge in [-0.3, -0.25) is 9.69 Å². The average molecular weight is 355 g/mol. The van der Waals surface area contributed by atoms with Crippen molar-refractivity contribution in [1.82, 2.24) is 9.80 Å². The predicted octanol–water partition coefficient (Wildman–Crippen LogP) is 2.76. The monoisotopic (exact) mass is 354 g/mol. The van der Waals surface area contributed by atoms with Crippen molar-refractivity contribution in [2.45, 2.75) is 23.8 Å². The van der Waals surface area contributed by atoms with Gasteiger partial charge in [0.1, 0.15) is 0 Å². The van der Waals surface area contributed by atoms with Crippen LogP contribution < -0.4 is 0 Å². The molecule has 126 valence electrons. The number of hydrogen-bond donors (Lipinski definition) is 0. The Morgan fingerprint density at radius 3 is 2.74 bits per heavy atom. The minimum absolute atomic E-state index is 0.201.